The van der Waals surface area contributed by atoms with Gasteiger partial charge in [0.25, 0.3) is 0 Å². The first-order valence-electron chi connectivity index (χ1n) is 3.70. The lowest BCUT2D eigenvalue weighted by Gasteiger charge is -2.02. The Kier molecular flexibility index (Phi) is 2.00. The van der Waals surface area contributed by atoms with E-state index in [4.69, 9.17) is 4.74 Å². The lowest BCUT2D eigenvalue weighted by Crippen LogP contribution is -1.93. The SMILES string of the molecule is COc1ccc2c(c1)SN=S2(C)=O. The van der Waals surface area contributed by atoms with Crippen molar-refractivity contribution in [1.82, 2.24) is 0 Å². The second kappa shape index (κ2) is 2.92. The van der Waals surface area contributed by atoms with Crippen LogP contribution in [0.15, 0.2) is 31.8 Å². The summed E-state index contributed by atoms with van der Waals surface area (Å²) in [6.07, 6.45) is 1.65. The summed E-state index contributed by atoms with van der Waals surface area (Å²) in [5.41, 5.74) is 0. The minimum Gasteiger partial charge on any atom is -0.497 e. The number of benzene rings is 1. The van der Waals surface area contributed by atoms with Gasteiger partial charge in [-0.15, -0.1) is 0 Å². The van der Waals surface area contributed by atoms with Gasteiger partial charge in [0, 0.05) is 18.2 Å². The first-order valence-corrected chi connectivity index (χ1v) is 6.40. The van der Waals surface area contributed by atoms with E-state index >= 15 is 0 Å². The molecule has 1 aromatic carbocycles. The summed E-state index contributed by atoms with van der Waals surface area (Å²) >= 11 is 1.27. The number of ether oxygens (including phenoxy) is 1. The lowest BCUT2D eigenvalue weighted by atomic mass is 10.3. The van der Waals surface area contributed by atoms with E-state index < -0.39 is 9.73 Å². The fourth-order valence-electron chi connectivity index (χ4n) is 1.15. The molecule has 0 aliphatic carbocycles. The quantitative estimate of drug-likeness (QED) is 0.674. The molecule has 0 saturated carbocycles. The van der Waals surface area contributed by atoms with Crippen LogP contribution in [0.1, 0.15) is 0 Å². The van der Waals surface area contributed by atoms with Crippen molar-refractivity contribution in [2.75, 3.05) is 13.4 Å². The Bertz CT molecular complexity index is 461. The van der Waals surface area contributed by atoms with E-state index in [9.17, 15) is 4.21 Å². The summed E-state index contributed by atoms with van der Waals surface area (Å²) in [5, 5.41) is 0. The molecule has 0 radical (unpaired) electrons. The van der Waals surface area contributed by atoms with Gasteiger partial charge in [0.05, 0.1) is 26.6 Å². The summed E-state index contributed by atoms with van der Waals surface area (Å²) in [6, 6.07) is 5.49. The van der Waals surface area contributed by atoms with E-state index in [1.807, 2.05) is 18.2 Å². The van der Waals surface area contributed by atoms with E-state index in [0.717, 1.165) is 15.5 Å². The third-order valence-corrected chi connectivity index (χ3v) is 5.11. The molecule has 0 bridgehead atoms. The van der Waals surface area contributed by atoms with Gasteiger partial charge in [-0.05, 0) is 18.2 Å². The minimum absolute atomic E-state index is 0.776. The summed E-state index contributed by atoms with van der Waals surface area (Å²) < 4.78 is 20.8. The van der Waals surface area contributed by atoms with Gasteiger partial charge in [0.2, 0.25) is 0 Å². The fraction of sp³-hybridized carbons (Fsp3) is 0.250. The highest BCUT2D eigenvalue weighted by molar-refractivity contribution is 8.09. The Labute approximate surface area is 81.8 Å². The lowest BCUT2D eigenvalue weighted by molar-refractivity contribution is 0.413. The van der Waals surface area contributed by atoms with Crippen LogP contribution in [0.5, 0.6) is 5.75 Å². The zero-order valence-electron chi connectivity index (χ0n) is 7.31. The maximum absolute atomic E-state index is 11.8. The van der Waals surface area contributed by atoms with Crippen molar-refractivity contribution < 1.29 is 8.95 Å². The molecule has 3 nitrogen and oxygen atoms in total. The highest BCUT2D eigenvalue weighted by Gasteiger charge is 2.19. The van der Waals surface area contributed by atoms with Crippen molar-refractivity contribution in [3.63, 3.8) is 0 Å². The standard InChI is InChI=1S/C8H9NO2S2/c1-11-6-3-4-8-7(5-6)12-9-13(8,2)10/h3-5H,1-2H3. The van der Waals surface area contributed by atoms with Crippen molar-refractivity contribution in [2.45, 2.75) is 9.79 Å². The monoisotopic (exact) mass is 215 g/mol. The molecule has 1 unspecified atom stereocenters. The first-order chi connectivity index (χ1) is 6.13. The number of hydrogen-bond donors (Lipinski definition) is 0. The average Bonchev–Trinajstić information content (AvgIpc) is 2.42. The van der Waals surface area contributed by atoms with Crippen molar-refractivity contribution in [1.29, 1.82) is 0 Å². The third kappa shape index (κ3) is 1.42. The topological polar surface area (TPSA) is 38.7 Å². The van der Waals surface area contributed by atoms with Gasteiger partial charge in [-0.3, -0.25) is 0 Å². The van der Waals surface area contributed by atoms with Gasteiger partial charge in [0.15, 0.2) is 0 Å². The molecule has 0 saturated heterocycles. The summed E-state index contributed by atoms with van der Waals surface area (Å²) in [5.74, 6) is 0.776. The molecular weight excluding hydrogens is 206 g/mol. The molecule has 70 valence electrons. The number of nitrogens with zero attached hydrogens (tertiary/aromatic N) is 1. The summed E-state index contributed by atoms with van der Waals surface area (Å²) in [7, 11) is -0.535. The summed E-state index contributed by atoms with van der Waals surface area (Å²) in [4.78, 5) is 1.75. The molecule has 0 fully saturated rings. The Morgan fingerprint density at radius 2 is 2.31 bits per heavy atom. The second-order valence-electron chi connectivity index (χ2n) is 2.78. The van der Waals surface area contributed by atoms with Gasteiger partial charge in [-0.2, -0.15) is 3.77 Å². The largest absolute Gasteiger partial charge is 0.497 e. The van der Waals surface area contributed by atoms with Crippen LogP contribution in [-0.4, -0.2) is 17.6 Å². The molecule has 1 atom stereocenters. The minimum atomic E-state index is -2.15. The number of methoxy groups -OCH3 is 1. The van der Waals surface area contributed by atoms with Crippen LogP contribution in [0.3, 0.4) is 0 Å². The Morgan fingerprint density at radius 3 is 3.00 bits per heavy atom. The molecule has 1 aliphatic rings. The molecular formula is C8H9NO2S2. The van der Waals surface area contributed by atoms with E-state index in [-0.39, 0.29) is 0 Å². The molecule has 1 aromatic rings. The number of fused-ring (bicyclic) bond motifs is 1. The van der Waals surface area contributed by atoms with Crippen LogP contribution in [0.4, 0.5) is 0 Å². The van der Waals surface area contributed by atoms with Crippen molar-refractivity contribution >= 4 is 21.7 Å². The number of rotatable bonds is 1. The zero-order chi connectivity index (χ0) is 9.47. The highest BCUT2D eigenvalue weighted by Crippen LogP contribution is 2.38. The predicted octanol–water partition coefficient (Wildman–Crippen LogP) is 2.17. The molecule has 0 amide bonds. The predicted molar refractivity (Wildman–Crippen MR) is 53.6 cm³/mol. The van der Waals surface area contributed by atoms with Crippen LogP contribution >= 0.6 is 11.9 Å². The molecule has 2 rings (SSSR count). The third-order valence-electron chi connectivity index (χ3n) is 1.84. The molecule has 1 aliphatic heterocycles. The maximum Gasteiger partial charge on any atom is 0.120 e. The fourth-order valence-corrected chi connectivity index (χ4v) is 4.02. The molecule has 1 heterocycles. The van der Waals surface area contributed by atoms with Gasteiger partial charge < -0.3 is 4.74 Å². The van der Waals surface area contributed by atoms with Crippen LogP contribution in [0.2, 0.25) is 0 Å². The van der Waals surface area contributed by atoms with Crippen LogP contribution in [-0.2, 0) is 9.73 Å². The van der Waals surface area contributed by atoms with Crippen molar-refractivity contribution in [2.24, 2.45) is 3.77 Å². The number of hydrogen-bond acceptors (Lipinski definition) is 4. The van der Waals surface area contributed by atoms with Gasteiger partial charge >= 0.3 is 0 Å². The molecule has 13 heavy (non-hydrogen) atoms. The van der Waals surface area contributed by atoms with Gasteiger partial charge in [0.1, 0.15) is 5.75 Å². The van der Waals surface area contributed by atoms with Crippen LogP contribution < -0.4 is 4.74 Å². The molecule has 0 N–H and O–H groups in total. The van der Waals surface area contributed by atoms with E-state index in [0.29, 0.717) is 0 Å². The highest BCUT2D eigenvalue weighted by atomic mass is 32.2. The first kappa shape index (κ1) is 8.90. The molecule has 5 heteroatoms. The van der Waals surface area contributed by atoms with Crippen LogP contribution in [0, 0.1) is 0 Å². The van der Waals surface area contributed by atoms with E-state index in [1.165, 1.54) is 11.9 Å². The van der Waals surface area contributed by atoms with Gasteiger partial charge in [-0.1, -0.05) is 0 Å². The maximum atomic E-state index is 11.8. The average molecular weight is 215 g/mol. The smallest absolute Gasteiger partial charge is 0.120 e. The van der Waals surface area contributed by atoms with Crippen LogP contribution in [0.25, 0.3) is 0 Å². The Balaban J connectivity index is 2.59. The van der Waals surface area contributed by atoms with Gasteiger partial charge in [-0.25, -0.2) is 4.21 Å². The zero-order valence-corrected chi connectivity index (χ0v) is 8.95. The molecule has 0 spiro atoms. The molecule has 0 aromatic heterocycles. The summed E-state index contributed by atoms with van der Waals surface area (Å²) in [6.45, 7) is 0. The van der Waals surface area contributed by atoms with E-state index in [2.05, 4.69) is 3.77 Å². The van der Waals surface area contributed by atoms with E-state index in [1.54, 1.807) is 13.4 Å². The Morgan fingerprint density at radius 1 is 1.54 bits per heavy atom. The van der Waals surface area contributed by atoms with Crippen molar-refractivity contribution in [3.8, 4) is 5.75 Å². The second-order valence-corrected chi connectivity index (χ2v) is 6.04. The normalized spacial score (nSPS) is 25.1. The van der Waals surface area contributed by atoms with Crippen molar-refractivity contribution in [3.05, 3.63) is 18.2 Å². The Hall–Kier alpha value is -0.680.